The van der Waals surface area contributed by atoms with Crippen LogP contribution in [0, 0.1) is 0 Å². The van der Waals surface area contributed by atoms with E-state index in [1.807, 2.05) is 60.7 Å². The molecule has 0 aliphatic carbocycles. The molecule has 2 aromatic carbocycles. The monoisotopic (exact) mass is 324 g/mol. The lowest BCUT2D eigenvalue weighted by Crippen LogP contribution is -2.23. The molecule has 1 saturated heterocycles. The van der Waals surface area contributed by atoms with Crippen LogP contribution in [0.25, 0.3) is 0 Å². The molecule has 1 aliphatic heterocycles. The summed E-state index contributed by atoms with van der Waals surface area (Å²) in [4.78, 5) is 11.4. The van der Waals surface area contributed by atoms with Crippen molar-refractivity contribution in [3.63, 3.8) is 0 Å². The van der Waals surface area contributed by atoms with Gasteiger partial charge in [0.2, 0.25) is 0 Å². The van der Waals surface area contributed by atoms with Crippen LogP contribution in [0.1, 0.15) is 30.3 Å². The normalized spacial score (nSPS) is 22.6. The van der Waals surface area contributed by atoms with E-state index in [1.54, 1.807) is 13.0 Å². The van der Waals surface area contributed by atoms with E-state index >= 15 is 0 Å². The van der Waals surface area contributed by atoms with E-state index in [2.05, 4.69) is 4.74 Å². The minimum Gasteiger partial charge on any atom is -0.466 e. The minimum absolute atomic E-state index is 0.263. The third-order valence-corrected chi connectivity index (χ3v) is 3.98. The molecule has 1 aliphatic rings. The van der Waals surface area contributed by atoms with Crippen LogP contribution in [-0.2, 0) is 19.0 Å². The van der Waals surface area contributed by atoms with Crippen LogP contribution in [0.2, 0.25) is 0 Å². The molecule has 0 unspecified atom stereocenters. The molecule has 0 aromatic heterocycles. The lowest BCUT2D eigenvalue weighted by Gasteiger charge is -2.18. The van der Waals surface area contributed by atoms with Crippen LogP contribution < -0.4 is 0 Å². The van der Waals surface area contributed by atoms with Crippen molar-refractivity contribution in [2.75, 3.05) is 7.11 Å². The Morgan fingerprint density at radius 3 is 1.83 bits per heavy atom. The summed E-state index contributed by atoms with van der Waals surface area (Å²) in [5.41, 5.74) is 2.06. The summed E-state index contributed by atoms with van der Waals surface area (Å²) in [7, 11) is 1.34. The number of carbonyl (C=O) groups is 1. The summed E-state index contributed by atoms with van der Waals surface area (Å²) >= 11 is 0. The van der Waals surface area contributed by atoms with E-state index in [9.17, 15) is 4.79 Å². The summed E-state index contributed by atoms with van der Waals surface area (Å²) in [5, 5.41) is 0. The van der Waals surface area contributed by atoms with Crippen molar-refractivity contribution in [2.24, 2.45) is 0 Å². The predicted molar refractivity (Wildman–Crippen MR) is 90.1 cm³/mol. The fourth-order valence-electron chi connectivity index (χ4n) is 2.79. The fourth-order valence-corrected chi connectivity index (χ4v) is 2.79. The lowest BCUT2D eigenvalue weighted by molar-refractivity contribution is -0.137. The Bertz CT molecular complexity index is 661. The maximum atomic E-state index is 11.4. The first kappa shape index (κ1) is 16.4. The van der Waals surface area contributed by atoms with Crippen molar-refractivity contribution in [3.05, 3.63) is 83.9 Å². The molecule has 2 aromatic rings. The van der Waals surface area contributed by atoms with Crippen molar-refractivity contribution in [2.45, 2.75) is 24.9 Å². The van der Waals surface area contributed by atoms with Crippen molar-refractivity contribution in [1.82, 2.24) is 0 Å². The lowest BCUT2D eigenvalue weighted by atomic mass is 9.99. The molecule has 1 fully saturated rings. The molecule has 3 rings (SSSR count). The summed E-state index contributed by atoms with van der Waals surface area (Å²) < 4.78 is 17.0. The summed E-state index contributed by atoms with van der Waals surface area (Å²) in [6, 6.07) is 19.9. The third-order valence-electron chi connectivity index (χ3n) is 3.98. The average molecular weight is 324 g/mol. The standard InChI is InChI=1S/C20H20O4/c1-20(14-13-17(21)22-2)23-18(15-9-5-3-6-10-15)19(24-20)16-11-7-4-8-12-16/h3-14,18-19H,1-2H3/b14-13+/t18-,19-/m1/s1. The van der Waals surface area contributed by atoms with Gasteiger partial charge in [-0.3, -0.25) is 0 Å². The molecular weight excluding hydrogens is 304 g/mol. The number of methoxy groups -OCH3 is 1. The highest BCUT2D eigenvalue weighted by atomic mass is 16.8. The number of esters is 1. The zero-order valence-electron chi connectivity index (χ0n) is 13.7. The van der Waals surface area contributed by atoms with Gasteiger partial charge in [0.15, 0.2) is 5.79 Å². The van der Waals surface area contributed by atoms with E-state index in [-0.39, 0.29) is 12.2 Å². The molecule has 4 heteroatoms. The van der Waals surface area contributed by atoms with Gasteiger partial charge in [-0.2, -0.15) is 0 Å². The first-order valence-corrected chi connectivity index (χ1v) is 7.84. The summed E-state index contributed by atoms with van der Waals surface area (Å²) in [5.74, 6) is -1.45. The highest BCUT2D eigenvalue weighted by Crippen LogP contribution is 2.47. The Hall–Kier alpha value is -2.43. The Balaban J connectivity index is 1.93. The van der Waals surface area contributed by atoms with Gasteiger partial charge in [0.25, 0.3) is 0 Å². The zero-order chi connectivity index (χ0) is 17.0. The van der Waals surface area contributed by atoms with Crippen LogP contribution in [-0.4, -0.2) is 18.9 Å². The summed E-state index contributed by atoms with van der Waals surface area (Å²) in [6.07, 6.45) is 2.40. The molecule has 4 nitrogen and oxygen atoms in total. The molecule has 0 radical (unpaired) electrons. The first-order valence-electron chi connectivity index (χ1n) is 7.84. The van der Waals surface area contributed by atoms with Crippen LogP contribution in [0.15, 0.2) is 72.8 Å². The topological polar surface area (TPSA) is 44.8 Å². The molecule has 124 valence electrons. The SMILES string of the molecule is COC(=O)/C=C/C1(C)O[C@H](c2ccccc2)[C@@H](c2ccccc2)O1. The van der Waals surface area contributed by atoms with E-state index in [1.165, 1.54) is 13.2 Å². The Labute approximate surface area is 141 Å². The molecule has 0 spiro atoms. The number of hydrogen-bond donors (Lipinski definition) is 0. The molecule has 24 heavy (non-hydrogen) atoms. The van der Waals surface area contributed by atoms with Crippen molar-refractivity contribution < 1.29 is 19.0 Å². The van der Waals surface area contributed by atoms with Crippen LogP contribution in [0.5, 0.6) is 0 Å². The first-order chi connectivity index (χ1) is 11.6. The predicted octanol–water partition coefficient (Wildman–Crippen LogP) is 3.96. The Morgan fingerprint density at radius 2 is 1.42 bits per heavy atom. The second kappa shape index (κ2) is 6.99. The Morgan fingerprint density at radius 1 is 0.958 bits per heavy atom. The highest BCUT2D eigenvalue weighted by Gasteiger charge is 2.44. The molecule has 0 saturated carbocycles. The van der Waals surface area contributed by atoms with E-state index < -0.39 is 11.8 Å². The van der Waals surface area contributed by atoms with Gasteiger partial charge in [0.1, 0.15) is 12.2 Å². The summed E-state index contributed by atoms with van der Waals surface area (Å²) in [6.45, 7) is 1.80. The van der Waals surface area contributed by atoms with Crippen LogP contribution >= 0.6 is 0 Å². The number of rotatable bonds is 4. The van der Waals surface area contributed by atoms with E-state index in [0.29, 0.717) is 0 Å². The molecule has 2 atom stereocenters. The van der Waals surface area contributed by atoms with Crippen molar-refractivity contribution in [1.29, 1.82) is 0 Å². The highest BCUT2D eigenvalue weighted by molar-refractivity contribution is 5.81. The number of benzene rings is 2. The van der Waals surface area contributed by atoms with Gasteiger partial charge in [0, 0.05) is 6.08 Å². The van der Waals surface area contributed by atoms with E-state index in [4.69, 9.17) is 9.47 Å². The molecule has 1 heterocycles. The number of hydrogen-bond acceptors (Lipinski definition) is 4. The molecule has 0 bridgehead atoms. The van der Waals surface area contributed by atoms with Crippen molar-refractivity contribution in [3.8, 4) is 0 Å². The number of carbonyl (C=O) groups excluding carboxylic acids is 1. The third kappa shape index (κ3) is 3.55. The van der Waals surface area contributed by atoms with Gasteiger partial charge in [-0.25, -0.2) is 4.79 Å². The second-order valence-electron chi connectivity index (χ2n) is 5.77. The number of ether oxygens (including phenoxy) is 3. The Kier molecular flexibility index (Phi) is 4.79. The molecular formula is C20H20O4. The zero-order valence-corrected chi connectivity index (χ0v) is 13.7. The van der Waals surface area contributed by atoms with Gasteiger partial charge in [0.05, 0.1) is 7.11 Å². The molecule has 0 N–H and O–H groups in total. The van der Waals surface area contributed by atoms with Gasteiger partial charge in [-0.05, 0) is 24.1 Å². The van der Waals surface area contributed by atoms with Crippen LogP contribution in [0.4, 0.5) is 0 Å². The maximum absolute atomic E-state index is 11.4. The minimum atomic E-state index is -1.00. The van der Waals surface area contributed by atoms with Crippen molar-refractivity contribution >= 4 is 5.97 Å². The maximum Gasteiger partial charge on any atom is 0.330 e. The smallest absolute Gasteiger partial charge is 0.330 e. The quantitative estimate of drug-likeness (QED) is 0.631. The van der Waals surface area contributed by atoms with Gasteiger partial charge < -0.3 is 14.2 Å². The van der Waals surface area contributed by atoms with Crippen LogP contribution in [0.3, 0.4) is 0 Å². The largest absolute Gasteiger partial charge is 0.466 e. The van der Waals surface area contributed by atoms with Gasteiger partial charge in [-0.1, -0.05) is 60.7 Å². The second-order valence-corrected chi connectivity index (χ2v) is 5.77. The fraction of sp³-hybridized carbons (Fsp3) is 0.250. The van der Waals surface area contributed by atoms with Gasteiger partial charge in [-0.15, -0.1) is 0 Å². The average Bonchev–Trinajstić information content (AvgIpc) is 2.99. The molecule has 0 amide bonds. The van der Waals surface area contributed by atoms with Gasteiger partial charge >= 0.3 is 5.97 Å². The van der Waals surface area contributed by atoms with E-state index in [0.717, 1.165) is 11.1 Å².